The van der Waals surface area contributed by atoms with Crippen molar-refractivity contribution in [3.05, 3.63) is 17.7 Å². The van der Waals surface area contributed by atoms with Gasteiger partial charge in [-0.15, -0.1) is 0 Å². The highest BCUT2D eigenvalue weighted by Gasteiger charge is 2.16. The van der Waals surface area contributed by atoms with Crippen LogP contribution in [0, 0.1) is 5.92 Å². The number of carbonyl (C=O) groups excluding carboxylic acids is 1. The third kappa shape index (κ3) is 3.05. The highest BCUT2D eigenvalue weighted by atomic mass is 16.5. The van der Waals surface area contributed by atoms with Crippen LogP contribution in [-0.4, -0.2) is 30.9 Å². The van der Waals surface area contributed by atoms with Gasteiger partial charge in [-0.2, -0.15) is 0 Å². The number of nitrogens with zero attached hydrogens (tertiary/aromatic N) is 1. The molecule has 1 aromatic rings. The zero-order valence-electron chi connectivity index (χ0n) is 11.1. The molecule has 0 unspecified atom stereocenters. The van der Waals surface area contributed by atoms with E-state index in [1.807, 2.05) is 6.21 Å². The largest absolute Gasteiger partial charge is 0.504 e. The van der Waals surface area contributed by atoms with Gasteiger partial charge in [0, 0.05) is 18.8 Å². The smallest absolute Gasteiger partial charge is 0.253 e. The van der Waals surface area contributed by atoms with Crippen molar-refractivity contribution >= 4 is 17.8 Å². The lowest BCUT2D eigenvalue weighted by Crippen LogP contribution is -2.25. The van der Waals surface area contributed by atoms with Gasteiger partial charge in [0.2, 0.25) is 0 Å². The van der Waals surface area contributed by atoms with E-state index in [-0.39, 0.29) is 17.4 Å². The quantitative estimate of drug-likeness (QED) is 0.815. The van der Waals surface area contributed by atoms with Crippen LogP contribution in [0.25, 0.3) is 0 Å². The van der Waals surface area contributed by atoms with Crippen LogP contribution in [0.15, 0.2) is 17.1 Å². The number of amides is 1. The molecule has 0 saturated heterocycles. The van der Waals surface area contributed by atoms with Crippen molar-refractivity contribution in [3.8, 4) is 11.5 Å². The van der Waals surface area contributed by atoms with Crippen LogP contribution >= 0.6 is 0 Å². The van der Waals surface area contributed by atoms with Crippen molar-refractivity contribution in [2.45, 2.75) is 19.8 Å². The van der Waals surface area contributed by atoms with Gasteiger partial charge in [-0.3, -0.25) is 9.79 Å². The number of methoxy groups -OCH3 is 1. The number of carbonyl (C=O) groups is 1. The Kier molecular flexibility index (Phi) is 4.04. The van der Waals surface area contributed by atoms with Gasteiger partial charge >= 0.3 is 0 Å². The molecule has 1 aromatic carbocycles. The molecule has 1 aliphatic heterocycles. The minimum atomic E-state index is -0.194. The van der Waals surface area contributed by atoms with E-state index < -0.39 is 0 Å². The Morgan fingerprint density at radius 1 is 1.47 bits per heavy atom. The van der Waals surface area contributed by atoms with Gasteiger partial charge in [-0.05, 0) is 24.8 Å². The van der Waals surface area contributed by atoms with Gasteiger partial charge in [-0.25, -0.2) is 0 Å². The van der Waals surface area contributed by atoms with Crippen molar-refractivity contribution in [2.75, 3.05) is 13.7 Å². The van der Waals surface area contributed by atoms with E-state index >= 15 is 0 Å². The summed E-state index contributed by atoms with van der Waals surface area (Å²) < 4.78 is 5.03. The van der Waals surface area contributed by atoms with Crippen molar-refractivity contribution in [1.82, 2.24) is 5.32 Å². The van der Waals surface area contributed by atoms with E-state index in [0.717, 1.165) is 12.8 Å². The molecule has 1 heterocycles. The van der Waals surface area contributed by atoms with Gasteiger partial charge in [0.1, 0.15) is 0 Å². The second kappa shape index (κ2) is 5.73. The molecule has 2 rings (SSSR count). The lowest BCUT2D eigenvalue weighted by atomic mass is 10.1. The van der Waals surface area contributed by atoms with Crippen molar-refractivity contribution in [3.63, 3.8) is 0 Å². The Hall–Kier alpha value is -2.04. The standard InChI is InChI=1S/C14H18N2O3/c1-9-4-3-5-15-14(18)10-6-13(19-2)12(17)7-11(10)16-8-9/h6-9,17H,3-5H2,1-2H3,(H,15,18)/t9-/m0/s1. The van der Waals surface area contributed by atoms with E-state index in [2.05, 4.69) is 17.2 Å². The molecule has 0 aromatic heterocycles. The first-order valence-electron chi connectivity index (χ1n) is 6.35. The van der Waals surface area contributed by atoms with Gasteiger partial charge in [-0.1, -0.05) is 6.92 Å². The average Bonchev–Trinajstić information content (AvgIpc) is 2.40. The number of nitrogens with one attached hydrogen (secondary N) is 1. The predicted octanol–water partition coefficient (Wildman–Crippen LogP) is 2.26. The summed E-state index contributed by atoms with van der Waals surface area (Å²) in [6.45, 7) is 2.72. The predicted molar refractivity (Wildman–Crippen MR) is 73.5 cm³/mol. The minimum Gasteiger partial charge on any atom is -0.504 e. The highest BCUT2D eigenvalue weighted by molar-refractivity contribution is 6.00. The van der Waals surface area contributed by atoms with Gasteiger partial charge in [0.05, 0.1) is 18.4 Å². The van der Waals surface area contributed by atoms with E-state index in [1.165, 1.54) is 19.2 Å². The van der Waals surface area contributed by atoms with Gasteiger partial charge in [0.25, 0.3) is 5.91 Å². The van der Waals surface area contributed by atoms with Crippen LogP contribution in [0.4, 0.5) is 5.69 Å². The molecule has 0 fully saturated rings. The number of rotatable bonds is 1. The van der Waals surface area contributed by atoms with Crippen LogP contribution in [-0.2, 0) is 0 Å². The normalized spacial score (nSPS) is 19.5. The lowest BCUT2D eigenvalue weighted by Gasteiger charge is -2.13. The molecule has 0 saturated carbocycles. The zero-order valence-corrected chi connectivity index (χ0v) is 11.1. The second-order valence-corrected chi connectivity index (χ2v) is 4.69. The molecule has 0 radical (unpaired) electrons. The average molecular weight is 262 g/mol. The number of aliphatic imine (C=N–C) groups is 1. The molecule has 5 nitrogen and oxygen atoms in total. The molecule has 102 valence electrons. The van der Waals surface area contributed by atoms with Crippen LogP contribution in [0.1, 0.15) is 30.1 Å². The van der Waals surface area contributed by atoms with E-state index in [1.54, 1.807) is 0 Å². The SMILES string of the molecule is COc1cc2c(cc1O)N=C[C@@H](C)CCCNC2=O. The van der Waals surface area contributed by atoms with E-state index in [4.69, 9.17) is 4.74 Å². The Morgan fingerprint density at radius 3 is 3.00 bits per heavy atom. The number of hydrogen-bond donors (Lipinski definition) is 2. The van der Waals surface area contributed by atoms with Crippen molar-refractivity contribution < 1.29 is 14.6 Å². The Labute approximate surface area is 112 Å². The summed E-state index contributed by atoms with van der Waals surface area (Å²) in [7, 11) is 1.45. The third-order valence-electron chi connectivity index (χ3n) is 3.13. The van der Waals surface area contributed by atoms with Crippen LogP contribution in [0.3, 0.4) is 0 Å². The Bertz CT molecular complexity index is 512. The number of ether oxygens (including phenoxy) is 1. The molecule has 0 aliphatic carbocycles. The maximum atomic E-state index is 12.1. The number of fused-ring (bicyclic) bond motifs is 1. The topological polar surface area (TPSA) is 70.9 Å². The van der Waals surface area contributed by atoms with Gasteiger partial charge < -0.3 is 15.2 Å². The van der Waals surface area contributed by atoms with Crippen molar-refractivity contribution in [2.24, 2.45) is 10.9 Å². The summed E-state index contributed by atoms with van der Waals surface area (Å²) in [5.41, 5.74) is 0.879. The summed E-state index contributed by atoms with van der Waals surface area (Å²) in [6.07, 6.45) is 3.72. The summed E-state index contributed by atoms with van der Waals surface area (Å²) in [5, 5.41) is 12.6. The summed E-state index contributed by atoms with van der Waals surface area (Å²) in [6, 6.07) is 2.97. The lowest BCUT2D eigenvalue weighted by molar-refractivity contribution is 0.0953. The van der Waals surface area contributed by atoms with E-state index in [9.17, 15) is 9.90 Å². The molecule has 19 heavy (non-hydrogen) atoms. The van der Waals surface area contributed by atoms with Crippen LogP contribution < -0.4 is 10.1 Å². The number of benzene rings is 1. The Balaban J connectivity index is 2.48. The fourth-order valence-corrected chi connectivity index (χ4v) is 2.01. The molecule has 1 amide bonds. The minimum absolute atomic E-state index is 0.0177. The number of hydrogen-bond acceptors (Lipinski definition) is 4. The molecule has 5 heteroatoms. The van der Waals surface area contributed by atoms with Crippen LogP contribution in [0.2, 0.25) is 0 Å². The molecule has 2 N–H and O–H groups in total. The first-order valence-corrected chi connectivity index (χ1v) is 6.35. The molecular formula is C14H18N2O3. The van der Waals surface area contributed by atoms with Gasteiger partial charge in [0.15, 0.2) is 11.5 Å². The molecule has 0 bridgehead atoms. The second-order valence-electron chi connectivity index (χ2n) is 4.69. The summed E-state index contributed by atoms with van der Waals surface area (Å²) in [4.78, 5) is 16.4. The Morgan fingerprint density at radius 2 is 2.26 bits per heavy atom. The van der Waals surface area contributed by atoms with Crippen molar-refractivity contribution in [1.29, 1.82) is 0 Å². The molecule has 1 atom stereocenters. The molecule has 1 aliphatic rings. The number of phenols is 1. The first-order chi connectivity index (χ1) is 9.11. The molecule has 0 spiro atoms. The zero-order chi connectivity index (χ0) is 13.8. The third-order valence-corrected chi connectivity index (χ3v) is 3.13. The fraction of sp³-hybridized carbons (Fsp3) is 0.429. The number of aromatic hydroxyl groups is 1. The summed E-state index contributed by atoms with van der Waals surface area (Å²) >= 11 is 0. The maximum Gasteiger partial charge on any atom is 0.253 e. The number of phenolic OH excluding ortho intramolecular Hbond substituents is 1. The van der Waals surface area contributed by atoms with E-state index in [0.29, 0.717) is 23.7 Å². The first kappa shape index (κ1) is 13.4. The fourth-order valence-electron chi connectivity index (χ4n) is 2.01. The van der Waals surface area contributed by atoms with Crippen LogP contribution in [0.5, 0.6) is 11.5 Å². The summed E-state index contributed by atoms with van der Waals surface area (Å²) in [5.74, 6) is 0.400. The maximum absolute atomic E-state index is 12.1. The molecular weight excluding hydrogens is 244 g/mol. The highest BCUT2D eigenvalue weighted by Crippen LogP contribution is 2.34. The monoisotopic (exact) mass is 262 g/mol.